The van der Waals surface area contributed by atoms with Crippen molar-refractivity contribution >= 4 is 23.1 Å². The Hall–Kier alpha value is -4.34. The molecule has 10 nitrogen and oxygen atoms in total. The van der Waals surface area contributed by atoms with Gasteiger partial charge >= 0.3 is 11.8 Å². The number of ether oxygens (including phenoxy) is 2. The van der Waals surface area contributed by atoms with E-state index >= 15 is 0 Å². The minimum atomic E-state index is -0.522. The van der Waals surface area contributed by atoms with Gasteiger partial charge < -0.3 is 20.1 Å². The highest BCUT2D eigenvalue weighted by Crippen LogP contribution is 2.24. The first kappa shape index (κ1) is 26.3. The summed E-state index contributed by atoms with van der Waals surface area (Å²) in [5.41, 5.74) is 2.23. The maximum absolute atomic E-state index is 13.6. The van der Waals surface area contributed by atoms with E-state index in [0.29, 0.717) is 23.7 Å². The molecule has 5 rings (SSSR count). The largest absolute Gasteiger partial charge is 0.497 e. The van der Waals surface area contributed by atoms with Gasteiger partial charge in [0.25, 0.3) is 0 Å². The van der Waals surface area contributed by atoms with Crippen molar-refractivity contribution < 1.29 is 14.3 Å². The number of anilines is 1. The number of methoxy groups -OCH3 is 1. The van der Waals surface area contributed by atoms with Crippen LogP contribution in [0.4, 0.5) is 10.6 Å². The van der Waals surface area contributed by atoms with Crippen LogP contribution < -0.4 is 21.1 Å². The molecule has 1 aliphatic rings. The Kier molecular flexibility index (Phi) is 7.28. The molecule has 10 heteroatoms. The molecule has 0 spiro atoms. The molecule has 2 N–H and O–H groups in total. The predicted octanol–water partition coefficient (Wildman–Crippen LogP) is 4.50. The van der Waals surface area contributed by atoms with Gasteiger partial charge in [0.1, 0.15) is 17.2 Å². The monoisotopic (exact) mass is 530 g/mol. The number of rotatable bonds is 7. The molecule has 0 radical (unpaired) electrons. The SMILES string of the molecule is COc1ccc(Cn2c(=O)n(-c3ccc(N[C@H]4CC[C@H](NC(=O)OC(C)(C)C)C4)nc3)c3ncccc32)cc1. The molecule has 1 amide bonds. The number of fused-ring (bicyclic) bond motifs is 1. The summed E-state index contributed by atoms with van der Waals surface area (Å²) >= 11 is 0. The molecule has 2 atom stereocenters. The fourth-order valence-corrected chi connectivity index (χ4v) is 4.92. The van der Waals surface area contributed by atoms with Crippen molar-refractivity contribution in [2.75, 3.05) is 12.4 Å². The first-order valence-corrected chi connectivity index (χ1v) is 13.1. The Morgan fingerprint density at radius 2 is 1.82 bits per heavy atom. The molecular weight excluding hydrogens is 496 g/mol. The number of hydrogen-bond acceptors (Lipinski definition) is 7. The Balaban J connectivity index is 1.30. The molecule has 0 saturated heterocycles. The summed E-state index contributed by atoms with van der Waals surface area (Å²) in [6.07, 6.45) is 5.53. The standard InChI is InChI=1S/C29H34N6O4/c1-29(2,3)39-27(36)33-21-10-9-20(16-21)32-25-14-11-22(17-31-25)35-26-24(6-5-15-30-26)34(28(35)37)18-19-7-12-23(38-4)13-8-19/h5-8,11-15,17,20-21H,9-10,16,18H2,1-4H3,(H,31,32)(H,33,36)/t20-,21-/m0/s1. The van der Waals surface area contributed by atoms with E-state index in [2.05, 4.69) is 20.6 Å². The minimum Gasteiger partial charge on any atom is -0.497 e. The summed E-state index contributed by atoms with van der Waals surface area (Å²) in [6.45, 7) is 5.96. The lowest BCUT2D eigenvalue weighted by Crippen LogP contribution is -2.38. The summed E-state index contributed by atoms with van der Waals surface area (Å²) < 4.78 is 13.9. The molecule has 0 unspecified atom stereocenters. The molecule has 0 aliphatic heterocycles. The molecule has 3 heterocycles. The van der Waals surface area contributed by atoms with Crippen LogP contribution in [-0.4, -0.2) is 50.0 Å². The summed E-state index contributed by atoms with van der Waals surface area (Å²) in [4.78, 5) is 34.7. The third-order valence-electron chi connectivity index (χ3n) is 6.70. The Bertz CT molecular complexity index is 1500. The Labute approximate surface area is 227 Å². The second kappa shape index (κ2) is 10.8. The van der Waals surface area contributed by atoms with Crippen LogP contribution in [0.2, 0.25) is 0 Å². The van der Waals surface area contributed by atoms with E-state index in [1.165, 1.54) is 0 Å². The van der Waals surface area contributed by atoms with Crippen LogP contribution in [0.15, 0.2) is 65.7 Å². The lowest BCUT2D eigenvalue weighted by molar-refractivity contribution is 0.0505. The van der Waals surface area contributed by atoms with E-state index in [4.69, 9.17) is 9.47 Å². The topological polar surface area (TPSA) is 112 Å². The summed E-state index contributed by atoms with van der Waals surface area (Å²) in [7, 11) is 1.63. The highest BCUT2D eigenvalue weighted by Gasteiger charge is 2.28. The van der Waals surface area contributed by atoms with Gasteiger partial charge in [0.05, 0.1) is 31.1 Å². The Morgan fingerprint density at radius 3 is 2.51 bits per heavy atom. The van der Waals surface area contributed by atoms with E-state index in [-0.39, 0.29) is 23.9 Å². The van der Waals surface area contributed by atoms with Crippen molar-refractivity contribution in [2.24, 2.45) is 0 Å². The fraction of sp³-hybridized carbons (Fsp3) is 0.379. The number of imidazole rings is 1. The number of aromatic nitrogens is 4. The number of benzene rings is 1. The van der Waals surface area contributed by atoms with Crippen molar-refractivity contribution in [1.82, 2.24) is 24.4 Å². The highest BCUT2D eigenvalue weighted by molar-refractivity contribution is 5.74. The van der Waals surface area contributed by atoms with Gasteiger partial charge in [-0.3, -0.25) is 4.57 Å². The molecule has 1 aromatic carbocycles. The predicted molar refractivity (Wildman–Crippen MR) is 150 cm³/mol. The average molecular weight is 531 g/mol. The van der Waals surface area contributed by atoms with Crippen molar-refractivity contribution in [1.29, 1.82) is 0 Å². The first-order chi connectivity index (χ1) is 18.7. The smallest absolute Gasteiger partial charge is 0.407 e. The molecular formula is C29H34N6O4. The molecule has 1 fully saturated rings. The van der Waals surface area contributed by atoms with Crippen LogP contribution in [0.5, 0.6) is 5.75 Å². The first-order valence-electron chi connectivity index (χ1n) is 13.1. The fourth-order valence-electron chi connectivity index (χ4n) is 4.92. The maximum Gasteiger partial charge on any atom is 0.407 e. The number of carbonyl (C=O) groups is 1. The number of alkyl carbamates (subject to hydrolysis) is 1. The van der Waals surface area contributed by atoms with Crippen molar-refractivity contribution in [3.8, 4) is 11.4 Å². The van der Waals surface area contributed by atoms with Crippen LogP contribution in [-0.2, 0) is 11.3 Å². The molecule has 39 heavy (non-hydrogen) atoms. The van der Waals surface area contributed by atoms with Gasteiger partial charge in [0.15, 0.2) is 5.65 Å². The van der Waals surface area contributed by atoms with E-state index in [9.17, 15) is 9.59 Å². The van der Waals surface area contributed by atoms with Gasteiger partial charge in [-0.2, -0.15) is 0 Å². The lowest BCUT2D eigenvalue weighted by Gasteiger charge is -2.22. The summed E-state index contributed by atoms with van der Waals surface area (Å²) in [5, 5.41) is 6.40. The molecule has 4 aromatic rings. The normalized spacial score (nSPS) is 17.2. The van der Waals surface area contributed by atoms with Crippen molar-refractivity contribution in [3.63, 3.8) is 0 Å². The third-order valence-corrected chi connectivity index (χ3v) is 6.70. The van der Waals surface area contributed by atoms with Gasteiger partial charge in [-0.1, -0.05) is 12.1 Å². The number of nitrogens with one attached hydrogen (secondary N) is 2. The maximum atomic E-state index is 13.6. The zero-order valence-corrected chi connectivity index (χ0v) is 22.7. The van der Waals surface area contributed by atoms with E-state index < -0.39 is 5.60 Å². The van der Waals surface area contributed by atoms with Gasteiger partial charge in [0.2, 0.25) is 0 Å². The number of hydrogen-bond donors (Lipinski definition) is 2. The van der Waals surface area contributed by atoms with Crippen LogP contribution in [0, 0.1) is 0 Å². The summed E-state index contributed by atoms with van der Waals surface area (Å²) in [5.74, 6) is 1.48. The molecule has 1 aliphatic carbocycles. The highest BCUT2D eigenvalue weighted by atomic mass is 16.6. The second-order valence-electron chi connectivity index (χ2n) is 10.8. The van der Waals surface area contributed by atoms with Gasteiger partial charge in [0, 0.05) is 18.3 Å². The molecule has 0 bridgehead atoms. The minimum absolute atomic E-state index is 0.0538. The van der Waals surface area contributed by atoms with Crippen molar-refractivity contribution in [3.05, 3.63) is 77.0 Å². The van der Waals surface area contributed by atoms with Crippen molar-refractivity contribution in [2.45, 2.75) is 64.3 Å². The van der Waals surface area contributed by atoms with Crippen LogP contribution in [0.1, 0.15) is 45.6 Å². The third kappa shape index (κ3) is 6.05. The lowest BCUT2D eigenvalue weighted by atomic mass is 10.2. The number of nitrogens with zero attached hydrogens (tertiary/aromatic N) is 4. The second-order valence-corrected chi connectivity index (χ2v) is 10.8. The molecule has 204 valence electrons. The molecule has 3 aromatic heterocycles. The van der Waals surface area contributed by atoms with Gasteiger partial charge in [-0.15, -0.1) is 0 Å². The number of amides is 1. The van der Waals surface area contributed by atoms with Crippen LogP contribution in [0.3, 0.4) is 0 Å². The zero-order chi connectivity index (χ0) is 27.6. The Morgan fingerprint density at radius 1 is 1.05 bits per heavy atom. The van der Waals surface area contributed by atoms with Gasteiger partial charge in [-0.05, 0) is 82.0 Å². The quantitative estimate of drug-likeness (QED) is 0.362. The average Bonchev–Trinajstić information content (AvgIpc) is 3.45. The van der Waals surface area contributed by atoms with Crippen LogP contribution >= 0.6 is 0 Å². The van der Waals surface area contributed by atoms with E-state index in [1.54, 1.807) is 28.6 Å². The van der Waals surface area contributed by atoms with Crippen LogP contribution in [0.25, 0.3) is 16.9 Å². The zero-order valence-electron chi connectivity index (χ0n) is 22.7. The van der Waals surface area contributed by atoms with E-state index in [1.807, 2.05) is 69.3 Å². The number of carbonyl (C=O) groups excluding carboxylic acids is 1. The van der Waals surface area contributed by atoms with E-state index in [0.717, 1.165) is 36.1 Å². The van der Waals surface area contributed by atoms with Gasteiger partial charge in [-0.25, -0.2) is 24.1 Å². The molecule has 1 saturated carbocycles. The number of pyridine rings is 2. The summed E-state index contributed by atoms with van der Waals surface area (Å²) in [6, 6.07) is 15.4.